The predicted molar refractivity (Wildman–Crippen MR) is 102 cm³/mol. The van der Waals surface area contributed by atoms with Gasteiger partial charge in [0.15, 0.2) is 11.4 Å². The lowest BCUT2D eigenvalue weighted by molar-refractivity contribution is 0.122. The van der Waals surface area contributed by atoms with Crippen molar-refractivity contribution in [2.24, 2.45) is 0 Å². The van der Waals surface area contributed by atoms with Crippen molar-refractivity contribution in [1.29, 1.82) is 0 Å². The molecule has 0 unspecified atom stereocenters. The summed E-state index contributed by atoms with van der Waals surface area (Å²) in [6, 6.07) is 2.03. The van der Waals surface area contributed by atoms with Crippen LogP contribution in [0, 0.1) is 6.92 Å². The van der Waals surface area contributed by atoms with Gasteiger partial charge in [-0.15, -0.1) is 0 Å². The van der Waals surface area contributed by atoms with Crippen LogP contribution in [0.25, 0.3) is 16.7 Å². The van der Waals surface area contributed by atoms with Gasteiger partial charge in [-0.3, -0.25) is 0 Å². The minimum atomic E-state index is 0.714. The monoisotopic (exact) mass is 339 g/mol. The Morgan fingerprint density at radius 2 is 2.08 bits per heavy atom. The number of rotatable bonds is 6. The molecule has 2 aromatic rings. The van der Waals surface area contributed by atoms with Crippen LogP contribution in [0.3, 0.4) is 0 Å². The van der Waals surface area contributed by atoms with E-state index in [1.165, 1.54) is 0 Å². The van der Waals surface area contributed by atoms with Gasteiger partial charge >= 0.3 is 0 Å². The maximum absolute atomic E-state index is 6.22. The molecule has 0 amide bonds. The third kappa shape index (κ3) is 3.99. The molecule has 0 aromatic carbocycles. The van der Waals surface area contributed by atoms with Crippen LogP contribution in [0.4, 0.5) is 5.82 Å². The number of ether oxygens (including phenoxy) is 1. The number of furan rings is 1. The molecule has 1 saturated heterocycles. The summed E-state index contributed by atoms with van der Waals surface area (Å²) in [7, 11) is 0. The van der Waals surface area contributed by atoms with Crippen LogP contribution >= 0.6 is 0 Å². The number of nitrogens with zero attached hydrogens (tertiary/aromatic N) is 3. The van der Waals surface area contributed by atoms with Crippen LogP contribution in [-0.4, -0.2) is 36.3 Å². The van der Waals surface area contributed by atoms with Crippen molar-refractivity contribution in [2.45, 2.75) is 26.7 Å². The first-order valence-electron chi connectivity index (χ1n) is 8.82. The summed E-state index contributed by atoms with van der Waals surface area (Å²) in [5.74, 6) is 2.49. The van der Waals surface area contributed by atoms with Crippen molar-refractivity contribution in [3.05, 3.63) is 48.5 Å². The average molecular weight is 339 g/mol. The van der Waals surface area contributed by atoms with Gasteiger partial charge in [0, 0.05) is 19.2 Å². The summed E-state index contributed by atoms with van der Waals surface area (Å²) in [5.41, 5.74) is 2.78. The number of hydrogen-bond donors (Lipinski definition) is 0. The summed E-state index contributed by atoms with van der Waals surface area (Å²) >= 11 is 0. The lowest BCUT2D eigenvalue weighted by atomic mass is 10.1. The van der Waals surface area contributed by atoms with E-state index in [2.05, 4.69) is 34.4 Å². The van der Waals surface area contributed by atoms with E-state index in [-0.39, 0.29) is 0 Å². The van der Waals surface area contributed by atoms with E-state index in [0.717, 1.165) is 60.0 Å². The largest absolute Gasteiger partial charge is 0.451 e. The molecule has 0 atom stereocenters. The van der Waals surface area contributed by atoms with Gasteiger partial charge in [-0.1, -0.05) is 44.2 Å². The Hall–Kier alpha value is -2.40. The van der Waals surface area contributed by atoms with Crippen molar-refractivity contribution in [1.82, 2.24) is 9.97 Å². The lowest BCUT2D eigenvalue weighted by Crippen LogP contribution is -2.37. The van der Waals surface area contributed by atoms with Crippen LogP contribution in [0.2, 0.25) is 0 Å². The van der Waals surface area contributed by atoms with Gasteiger partial charge in [-0.2, -0.15) is 0 Å². The minimum Gasteiger partial charge on any atom is -0.451 e. The SMILES string of the molecule is C=C/C=C\C=C(/CCC)c1cc2nc(C)nc(N3CCOCC3)c2o1. The highest BCUT2D eigenvalue weighted by Crippen LogP contribution is 2.32. The van der Waals surface area contributed by atoms with Crippen LogP contribution in [0.15, 0.2) is 41.4 Å². The number of hydrogen-bond acceptors (Lipinski definition) is 5. The maximum atomic E-state index is 6.22. The Morgan fingerprint density at radius 3 is 2.80 bits per heavy atom. The van der Waals surface area contributed by atoms with Crippen LogP contribution < -0.4 is 4.90 Å². The van der Waals surface area contributed by atoms with Gasteiger partial charge in [0.2, 0.25) is 0 Å². The number of allylic oxidation sites excluding steroid dienone is 5. The molecule has 0 radical (unpaired) electrons. The van der Waals surface area contributed by atoms with E-state index in [1.54, 1.807) is 6.08 Å². The first-order valence-corrected chi connectivity index (χ1v) is 8.82. The Bertz CT molecular complexity index is 799. The molecule has 0 aliphatic carbocycles. The predicted octanol–water partition coefficient (Wildman–Crippen LogP) is 4.29. The summed E-state index contributed by atoms with van der Waals surface area (Å²) in [6.45, 7) is 10.9. The molecular weight excluding hydrogens is 314 g/mol. The highest BCUT2D eigenvalue weighted by Gasteiger charge is 2.20. The molecule has 3 heterocycles. The van der Waals surface area contributed by atoms with Gasteiger partial charge in [-0.05, 0) is 18.9 Å². The van der Waals surface area contributed by atoms with Crippen molar-refractivity contribution in [3.8, 4) is 0 Å². The van der Waals surface area contributed by atoms with Crippen molar-refractivity contribution in [3.63, 3.8) is 0 Å². The first kappa shape index (κ1) is 17.4. The van der Waals surface area contributed by atoms with Crippen molar-refractivity contribution < 1.29 is 9.15 Å². The second kappa shape index (κ2) is 8.12. The highest BCUT2D eigenvalue weighted by atomic mass is 16.5. The van der Waals surface area contributed by atoms with Crippen LogP contribution in [0.1, 0.15) is 31.4 Å². The van der Waals surface area contributed by atoms with Gasteiger partial charge in [-0.25, -0.2) is 9.97 Å². The zero-order chi connectivity index (χ0) is 17.6. The summed E-state index contributed by atoms with van der Waals surface area (Å²) in [4.78, 5) is 11.4. The molecule has 2 aromatic heterocycles. The molecule has 5 nitrogen and oxygen atoms in total. The molecule has 132 valence electrons. The fraction of sp³-hybridized carbons (Fsp3) is 0.400. The fourth-order valence-electron chi connectivity index (χ4n) is 2.98. The van der Waals surface area contributed by atoms with Gasteiger partial charge in [0.25, 0.3) is 0 Å². The Kier molecular flexibility index (Phi) is 5.66. The molecule has 5 heteroatoms. The quantitative estimate of drug-likeness (QED) is 0.735. The third-order valence-electron chi connectivity index (χ3n) is 4.16. The van der Waals surface area contributed by atoms with Gasteiger partial charge in [0.05, 0.1) is 13.2 Å². The second-order valence-corrected chi connectivity index (χ2v) is 6.08. The van der Waals surface area contributed by atoms with Gasteiger partial charge < -0.3 is 14.1 Å². The summed E-state index contributed by atoms with van der Waals surface area (Å²) < 4.78 is 11.7. The molecule has 1 aliphatic rings. The minimum absolute atomic E-state index is 0.714. The van der Waals surface area contributed by atoms with Crippen molar-refractivity contribution in [2.75, 3.05) is 31.2 Å². The molecule has 1 fully saturated rings. The number of fused-ring (bicyclic) bond motifs is 1. The molecule has 1 aliphatic heterocycles. The Morgan fingerprint density at radius 1 is 1.28 bits per heavy atom. The fourth-order valence-corrected chi connectivity index (χ4v) is 2.98. The molecule has 0 bridgehead atoms. The van der Waals surface area contributed by atoms with E-state index in [0.29, 0.717) is 13.2 Å². The summed E-state index contributed by atoms with van der Waals surface area (Å²) in [6.07, 6.45) is 9.75. The summed E-state index contributed by atoms with van der Waals surface area (Å²) in [5, 5.41) is 0. The maximum Gasteiger partial charge on any atom is 0.195 e. The molecule has 0 N–H and O–H groups in total. The van der Waals surface area contributed by atoms with E-state index in [4.69, 9.17) is 9.15 Å². The Balaban J connectivity index is 2.04. The normalized spacial score (nSPS) is 16.1. The smallest absolute Gasteiger partial charge is 0.195 e. The number of aromatic nitrogens is 2. The van der Waals surface area contributed by atoms with E-state index >= 15 is 0 Å². The first-order chi connectivity index (χ1) is 12.2. The molecular formula is C20H25N3O2. The molecule has 0 saturated carbocycles. The molecule has 0 spiro atoms. The Labute approximate surface area is 148 Å². The van der Waals surface area contributed by atoms with Crippen molar-refractivity contribution >= 4 is 22.5 Å². The second-order valence-electron chi connectivity index (χ2n) is 6.08. The van der Waals surface area contributed by atoms with E-state index in [9.17, 15) is 0 Å². The van der Waals surface area contributed by atoms with E-state index in [1.807, 2.05) is 25.1 Å². The van der Waals surface area contributed by atoms with Gasteiger partial charge in [0.1, 0.15) is 17.1 Å². The van der Waals surface area contributed by atoms with Crippen LogP contribution in [0.5, 0.6) is 0 Å². The standard InChI is InChI=1S/C20H25N3O2/c1-4-6-7-9-16(8-5-2)18-14-17-19(25-18)20(22-15(3)21-17)23-10-12-24-13-11-23/h4,6-7,9,14H,1,5,8,10-13H2,2-3H3/b7-6-,16-9+. The zero-order valence-corrected chi connectivity index (χ0v) is 15.0. The zero-order valence-electron chi connectivity index (χ0n) is 15.0. The topological polar surface area (TPSA) is 51.4 Å². The number of morpholine rings is 1. The molecule has 25 heavy (non-hydrogen) atoms. The lowest BCUT2D eigenvalue weighted by Gasteiger charge is -2.27. The van der Waals surface area contributed by atoms with E-state index < -0.39 is 0 Å². The third-order valence-corrected chi connectivity index (χ3v) is 4.16. The average Bonchev–Trinajstić information content (AvgIpc) is 3.05. The number of aryl methyl sites for hydroxylation is 1. The molecule has 3 rings (SSSR count). The highest BCUT2D eigenvalue weighted by molar-refractivity contribution is 5.87. The van der Waals surface area contributed by atoms with Crippen LogP contribution in [-0.2, 0) is 4.74 Å². The number of anilines is 1.